The molecule has 1 nitrogen and oxygen atoms in total. The number of hydrogen-bond acceptors (Lipinski definition) is 1. The zero-order valence-electron chi connectivity index (χ0n) is 20.7. The maximum Gasteiger partial charge on any atom is 0.131 e. The van der Waals surface area contributed by atoms with Gasteiger partial charge in [0, 0.05) is 16.7 Å². The Morgan fingerprint density at radius 1 is 0.727 bits per heavy atom. The summed E-state index contributed by atoms with van der Waals surface area (Å²) in [5.41, 5.74) is 2.21. The fourth-order valence-electron chi connectivity index (χ4n) is 3.67. The van der Waals surface area contributed by atoms with Crippen LogP contribution < -0.4 is 4.74 Å². The van der Waals surface area contributed by atoms with Gasteiger partial charge in [-0.05, 0) is 55.7 Å². The second-order valence-electron chi connectivity index (χ2n) is 8.73. The van der Waals surface area contributed by atoms with Gasteiger partial charge in [-0.3, -0.25) is 0 Å². The summed E-state index contributed by atoms with van der Waals surface area (Å²) in [7, 11) is 0. The normalized spacial score (nSPS) is 10.9. The van der Waals surface area contributed by atoms with Crippen molar-refractivity contribution in [3.05, 3.63) is 71.0 Å². The van der Waals surface area contributed by atoms with E-state index in [1.54, 1.807) is 0 Å². The summed E-state index contributed by atoms with van der Waals surface area (Å²) in [4.78, 5) is 0. The van der Waals surface area contributed by atoms with E-state index in [-0.39, 0.29) is 5.82 Å². The Balaban J connectivity index is 1.76. The van der Waals surface area contributed by atoms with Gasteiger partial charge in [0.2, 0.25) is 0 Å². The standard InChI is InChI=1S/C31H41FO/c1-3-5-7-9-11-12-14-16-29-22-19-28(26-31(29)32)18-17-27-20-23-30(24-21-27)33-25-15-13-10-8-6-4-2/h14,16,19-24,26H,3-13,15,25H2,1-2H3. The van der Waals surface area contributed by atoms with Gasteiger partial charge in [-0.15, -0.1) is 0 Å². The van der Waals surface area contributed by atoms with E-state index in [4.69, 9.17) is 4.74 Å². The molecular weight excluding hydrogens is 407 g/mol. The Morgan fingerprint density at radius 2 is 1.33 bits per heavy atom. The number of unbranched alkanes of at least 4 members (excludes halogenated alkanes) is 10. The van der Waals surface area contributed by atoms with Crippen molar-refractivity contribution >= 4 is 6.08 Å². The second kappa shape index (κ2) is 17.0. The first-order valence-corrected chi connectivity index (χ1v) is 12.9. The summed E-state index contributed by atoms with van der Waals surface area (Å²) in [6.45, 7) is 5.22. The van der Waals surface area contributed by atoms with Gasteiger partial charge in [0.15, 0.2) is 0 Å². The molecule has 178 valence electrons. The lowest BCUT2D eigenvalue weighted by Crippen LogP contribution is -1.97. The third kappa shape index (κ3) is 11.8. The smallest absolute Gasteiger partial charge is 0.131 e. The Kier molecular flexibility index (Phi) is 13.8. The highest BCUT2D eigenvalue weighted by Gasteiger charge is 2.00. The minimum Gasteiger partial charge on any atom is -0.494 e. The van der Waals surface area contributed by atoms with Gasteiger partial charge in [-0.1, -0.05) is 102 Å². The van der Waals surface area contributed by atoms with Gasteiger partial charge in [0.05, 0.1) is 6.61 Å². The van der Waals surface area contributed by atoms with Crippen molar-refractivity contribution in [2.45, 2.75) is 90.9 Å². The van der Waals surface area contributed by atoms with Crippen LogP contribution >= 0.6 is 0 Å². The molecule has 2 heteroatoms. The summed E-state index contributed by atoms with van der Waals surface area (Å²) in [6.07, 6.45) is 18.8. The molecule has 0 fully saturated rings. The van der Waals surface area contributed by atoms with Crippen molar-refractivity contribution in [3.63, 3.8) is 0 Å². The molecule has 2 aromatic rings. The molecule has 0 unspecified atom stereocenters. The Labute approximate surface area is 201 Å². The van der Waals surface area contributed by atoms with Crippen LogP contribution in [0.1, 0.15) is 108 Å². The zero-order valence-corrected chi connectivity index (χ0v) is 20.7. The number of halogens is 1. The van der Waals surface area contributed by atoms with Crippen molar-refractivity contribution in [1.29, 1.82) is 0 Å². The molecule has 0 N–H and O–H groups in total. The molecule has 0 aliphatic carbocycles. The van der Waals surface area contributed by atoms with E-state index in [2.05, 4.69) is 31.8 Å². The monoisotopic (exact) mass is 448 g/mol. The van der Waals surface area contributed by atoms with Gasteiger partial charge in [0.25, 0.3) is 0 Å². The molecule has 0 atom stereocenters. The summed E-state index contributed by atoms with van der Waals surface area (Å²) in [5.74, 6) is 6.84. The van der Waals surface area contributed by atoms with Crippen LogP contribution in [-0.4, -0.2) is 6.61 Å². The van der Waals surface area contributed by atoms with Crippen LogP contribution in [0.4, 0.5) is 4.39 Å². The Hall–Kier alpha value is -2.53. The van der Waals surface area contributed by atoms with Gasteiger partial charge < -0.3 is 4.74 Å². The number of benzene rings is 2. The van der Waals surface area contributed by atoms with Gasteiger partial charge in [-0.25, -0.2) is 4.39 Å². The first-order valence-electron chi connectivity index (χ1n) is 12.9. The maximum atomic E-state index is 14.4. The number of hydrogen-bond donors (Lipinski definition) is 0. The lowest BCUT2D eigenvalue weighted by atomic mass is 10.1. The highest BCUT2D eigenvalue weighted by molar-refractivity contribution is 5.53. The van der Waals surface area contributed by atoms with E-state index < -0.39 is 0 Å². The first kappa shape index (κ1) is 26.7. The fourth-order valence-corrected chi connectivity index (χ4v) is 3.67. The van der Waals surface area contributed by atoms with Crippen molar-refractivity contribution < 1.29 is 9.13 Å². The lowest BCUT2D eigenvalue weighted by Gasteiger charge is -2.06. The van der Waals surface area contributed by atoms with E-state index in [9.17, 15) is 4.39 Å². The average Bonchev–Trinajstić information content (AvgIpc) is 2.83. The average molecular weight is 449 g/mol. The number of allylic oxidation sites excluding steroid dienone is 1. The Bertz CT molecular complexity index is 870. The largest absolute Gasteiger partial charge is 0.494 e. The number of ether oxygens (including phenoxy) is 1. The van der Waals surface area contributed by atoms with E-state index in [0.717, 1.165) is 30.8 Å². The molecular formula is C31H41FO. The summed E-state index contributed by atoms with van der Waals surface area (Å²) in [5, 5.41) is 0. The van der Waals surface area contributed by atoms with Crippen LogP contribution in [0.15, 0.2) is 48.5 Å². The maximum absolute atomic E-state index is 14.4. The van der Waals surface area contributed by atoms with Crippen molar-refractivity contribution in [2.24, 2.45) is 0 Å². The van der Waals surface area contributed by atoms with Gasteiger partial charge >= 0.3 is 0 Å². The molecule has 0 bridgehead atoms. The van der Waals surface area contributed by atoms with Crippen molar-refractivity contribution in [1.82, 2.24) is 0 Å². The summed E-state index contributed by atoms with van der Waals surface area (Å²) >= 11 is 0. The third-order valence-electron chi connectivity index (χ3n) is 5.74. The molecule has 0 aliphatic heterocycles. The SMILES string of the molecule is CCCCCCCC=Cc1ccc(C#Cc2ccc(OCCCCCCCC)cc2)cc1F. The minimum atomic E-state index is -0.220. The van der Waals surface area contributed by atoms with Crippen LogP contribution in [0.5, 0.6) is 5.75 Å². The Morgan fingerprint density at radius 3 is 2.03 bits per heavy atom. The van der Waals surface area contributed by atoms with Crippen molar-refractivity contribution in [3.8, 4) is 17.6 Å². The highest BCUT2D eigenvalue weighted by atomic mass is 19.1. The first-order chi connectivity index (χ1) is 16.2. The van der Waals surface area contributed by atoms with Crippen molar-refractivity contribution in [2.75, 3.05) is 6.61 Å². The molecule has 33 heavy (non-hydrogen) atoms. The lowest BCUT2D eigenvalue weighted by molar-refractivity contribution is 0.304. The molecule has 0 saturated heterocycles. The van der Waals surface area contributed by atoms with Gasteiger partial charge in [0.1, 0.15) is 11.6 Å². The van der Waals surface area contributed by atoms with Crippen LogP contribution in [0.25, 0.3) is 6.08 Å². The molecule has 0 spiro atoms. The third-order valence-corrected chi connectivity index (χ3v) is 5.74. The van der Waals surface area contributed by atoms with Crippen LogP contribution in [0.3, 0.4) is 0 Å². The molecule has 2 aromatic carbocycles. The molecule has 0 radical (unpaired) electrons. The van der Waals surface area contributed by atoms with Crippen LogP contribution in [0, 0.1) is 17.7 Å². The quantitative estimate of drug-likeness (QED) is 0.195. The summed E-state index contributed by atoms with van der Waals surface area (Å²) in [6, 6.07) is 13.0. The topological polar surface area (TPSA) is 9.23 Å². The zero-order chi connectivity index (χ0) is 23.6. The molecule has 0 aliphatic rings. The van der Waals surface area contributed by atoms with E-state index >= 15 is 0 Å². The van der Waals surface area contributed by atoms with E-state index in [0.29, 0.717) is 11.1 Å². The van der Waals surface area contributed by atoms with E-state index in [1.807, 2.05) is 42.5 Å². The fraction of sp³-hybridized carbons (Fsp3) is 0.484. The molecule has 0 heterocycles. The molecule has 0 aromatic heterocycles. The van der Waals surface area contributed by atoms with Crippen LogP contribution in [0.2, 0.25) is 0 Å². The van der Waals surface area contributed by atoms with E-state index in [1.165, 1.54) is 70.3 Å². The predicted molar refractivity (Wildman–Crippen MR) is 140 cm³/mol. The molecule has 0 amide bonds. The van der Waals surface area contributed by atoms with Gasteiger partial charge in [-0.2, -0.15) is 0 Å². The molecule has 0 saturated carbocycles. The second-order valence-corrected chi connectivity index (χ2v) is 8.73. The molecule has 2 rings (SSSR count). The summed E-state index contributed by atoms with van der Waals surface area (Å²) < 4.78 is 20.2. The van der Waals surface area contributed by atoms with Crippen LogP contribution in [-0.2, 0) is 0 Å². The minimum absolute atomic E-state index is 0.220. The highest BCUT2D eigenvalue weighted by Crippen LogP contribution is 2.15. The number of rotatable bonds is 15. The predicted octanol–water partition coefficient (Wildman–Crippen LogP) is 9.34.